The van der Waals surface area contributed by atoms with Gasteiger partial charge in [0.15, 0.2) is 5.96 Å². The molecule has 0 atom stereocenters. The van der Waals surface area contributed by atoms with Gasteiger partial charge in [-0.1, -0.05) is 25.5 Å². The Morgan fingerprint density at radius 2 is 1.80 bits per heavy atom. The molecule has 0 aliphatic heterocycles. The molecule has 0 unspecified atom stereocenters. The summed E-state index contributed by atoms with van der Waals surface area (Å²) in [5, 5.41) is 16.9. The summed E-state index contributed by atoms with van der Waals surface area (Å²) in [5.74, 6) is 0.571. The molecule has 0 amide bonds. The number of sulfonamides is 1. The van der Waals surface area contributed by atoms with E-state index in [1.165, 1.54) is 12.1 Å². The Labute approximate surface area is 148 Å². The van der Waals surface area contributed by atoms with Crippen LogP contribution in [0.5, 0.6) is 0 Å². The fraction of sp³-hybridized carbons (Fsp3) is 0.533. The highest BCUT2D eigenvalue weighted by atomic mass is 32.2. The Kier molecular flexibility index (Phi) is 8.86. The molecule has 10 heteroatoms. The van der Waals surface area contributed by atoms with Gasteiger partial charge in [-0.3, -0.25) is 10.1 Å². The summed E-state index contributed by atoms with van der Waals surface area (Å²) in [7, 11) is -3.21. The molecule has 1 aromatic carbocycles. The standard InChI is InChI=1S/C15H25N5O4S/c1-3-4-9-16-15(17-10-11-19-25(2,23)24)18-12-13-5-7-14(8-6-13)20(21)22/h5-8,19H,3-4,9-12H2,1-2H3,(H2,16,17,18). The number of nitro groups is 1. The smallest absolute Gasteiger partial charge is 0.269 e. The van der Waals surface area contributed by atoms with E-state index in [2.05, 4.69) is 27.3 Å². The van der Waals surface area contributed by atoms with Gasteiger partial charge in [-0.05, 0) is 12.0 Å². The lowest BCUT2D eigenvalue weighted by molar-refractivity contribution is -0.384. The number of nitro benzene ring substituents is 1. The molecule has 0 aromatic heterocycles. The van der Waals surface area contributed by atoms with Crippen molar-refractivity contribution in [3.8, 4) is 0 Å². The van der Waals surface area contributed by atoms with E-state index in [0.29, 0.717) is 19.0 Å². The van der Waals surface area contributed by atoms with Crippen LogP contribution in [0.25, 0.3) is 0 Å². The average molecular weight is 371 g/mol. The quantitative estimate of drug-likeness (QED) is 0.185. The number of nitrogens with one attached hydrogen (secondary N) is 3. The van der Waals surface area contributed by atoms with E-state index in [1.807, 2.05) is 0 Å². The van der Waals surface area contributed by atoms with E-state index >= 15 is 0 Å². The maximum Gasteiger partial charge on any atom is 0.269 e. The number of rotatable bonds is 10. The van der Waals surface area contributed by atoms with Crippen molar-refractivity contribution < 1.29 is 13.3 Å². The lowest BCUT2D eigenvalue weighted by Crippen LogP contribution is -2.41. The molecule has 0 spiro atoms. The van der Waals surface area contributed by atoms with Crippen molar-refractivity contribution >= 4 is 21.7 Å². The van der Waals surface area contributed by atoms with Crippen molar-refractivity contribution in [3.05, 3.63) is 39.9 Å². The first-order valence-electron chi connectivity index (χ1n) is 8.02. The number of guanidine groups is 1. The van der Waals surface area contributed by atoms with Crippen LogP contribution >= 0.6 is 0 Å². The Balaban J connectivity index is 2.60. The zero-order valence-corrected chi connectivity index (χ0v) is 15.3. The van der Waals surface area contributed by atoms with Gasteiger partial charge in [-0.25, -0.2) is 18.1 Å². The summed E-state index contributed by atoms with van der Waals surface area (Å²) in [6.07, 6.45) is 3.13. The molecule has 0 saturated carbocycles. The van der Waals surface area contributed by atoms with Crippen molar-refractivity contribution in [1.29, 1.82) is 0 Å². The minimum Gasteiger partial charge on any atom is -0.356 e. The Bertz CT molecular complexity index is 674. The van der Waals surface area contributed by atoms with E-state index in [1.54, 1.807) is 12.1 Å². The third kappa shape index (κ3) is 9.62. The second-order valence-corrected chi connectivity index (χ2v) is 7.30. The molecule has 0 saturated heterocycles. The highest BCUT2D eigenvalue weighted by molar-refractivity contribution is 7.88. The number of non-ortho nitro benzene ring substituents is 1. The first-order valence-corrected chi connectivity index (χ1v) is 9.91. The molecule has 3 N–H and O–H groups in total. The van der Waals surface area contributed by atoms with Crippen molar-refractivity contribution in [2.45, 2.75) is 26.3 Å². The molecule has 140 valence electrons. The van der Waals surface area contributed by atoms with Gasteiger partial charge in [-0.15, -0.1) is 0 Å². The summed E-state index contributed by atoms with van der Waals surface area (Å²) in [5.41, 5.74) is 0.885. The summed E-state index contributed by atoms with van der Waals surface area (Å²) in [4.78, 5) is 14.6. The fourth-order valence-electron chi connectivity index (χ4n) is 1.87. The highest BCUT2D eigenvalue weighted by Gasteiger charge is 2.04. The first kappa shape index (κ1) is 20.8. The van der Waals surface area contributed by atoms with Crippen LogP contribution in [0.2, 0.25) is 0 Å². The molecule has 0 aliphatic rings. The summed E-state index contributed by atoms with van der Waals surface area (Å²) in [6.45, 7) is 3.84. The van der Waals surface area contributed by atoms with Gasteiger partial charge in [-0.2, -0.15) is 0 Å². The van der Waals surface area contributed by atoms with Crippen LogP contribution in [0.1, 0.15) is 25.3 Å². The van der Waals surface area contributed by atoms with E-state index in [-0.39, 0.29) is 12.2 Å². The summed E-state index contributed by atoms with van der Waals surface area (Å²) < 4.78 is 24.5. The lowest BCUT2D eigenvalue weighted by Gasteiger charge is -2.12. The number of hydrogen-bond acceptors (Lipinski definition) is 5. The number of nitrogens with zero attached hydrogens (tertiary/aromatic N) is 2. The van der Waals surface area contributed by atoms with E-state index in [9.17, 15) is 18.5 Å². The summed E-state index contributed by atoms with van der Waals surface area (Å²) in [6, 6.07) is 6.21. The van der Waals surface area contributed by atoms with Crippen LogP contribution in [0.4, 0.5) is 5.69 Å². The van der Waals surface area contributed by atoms with Crippen molar-refractivity contribution in [2.75, 3.05) is 25.9 Å². The van der Waals surface area contributed by atoms with Crippen molar-refractivity contribution in [3.63, 3.8) is 0 Å². The van der Waals surface area contributed by atoms with Gasteiger partial charge in [0.1, 0.15) is 0 Å². The molecule has 0 fully saturated rings. The van der Waals surface area contributed by atoms with Crippen molar-refractivity contribution in [2.24, 2.45) is 4.99 Å². The predicted octanol–water partition coefficient (Wildman–Crippen LogP) is 0.979. The lowest BCUT2D eigenvalue weighted by atomic mass is 10.2. The molecule has 25 heavy (non-hydrogen) atoms. The van der Waals surface area contributed by atoms with Crippen LogP contribution in [0.3, 0.4) is 0 Å². The van der Waals surface area contributed by atoms with Crippen LogP contribution < -0.4 is 15.4 Å². The van der Waals surface area contributed by atoms with Crippen LogP contribution in [0.15, 0.2) is 29.3 Å². The van der Waals surface area contributed by atoms with E-state index < -0.39 is 14.9 Å². The van der Waals surface area contributed by atoms with E-state index in [0.717, 1.165) is 31.2 Å². The molecule has 1 aromatic rings. The van der Waals surface area contributed by atoms with Gasteiger partial charge in [0, 0.05) is 31.8 Å². The minimum absolute atomic E-state index is 0.0407. The number of unbranched alkanes of at least 4 members (excludes halogenated alkanes) is 1. The maximum atomic E-state index is 11.0. The largest absolute Gasteiger partial charge is 0.356 e. The molecule has 0 bridgehead atoms. The highest BCUT2D eigenvalue weighted by Crippen LogP contribution is 2.12. The fourth-order valence-corrected chi connectivity index (χ4v) is 2.34. The number of aliphatic imine (C=N–C) groups is 1. The minimum atomic E-state index is -3.21. The molecule has 0 heterocycles. The third-order valence-electron chi connectivity index (χ3n) is 3.17. The molecule has 9 nitrogen and oxygen atoms in total. The molecule has 0 radical (unpaired) electrons. The average Bonchev–Trinajstić information content (AvgIpc) is 2.55. The maximum absolute atomic E-state index is 11.0. The second kappa shape index (κ2) is 10.6. The van der Waals surface area contributed by atoms with Crippen LogP contribution in [0, 0.1) is 10.1 Å². The normalized spacial score (nSPS) is 12.0. The molecule has 1 rings (SSSR count). The van der Waals surface area contributed by atoms with Gasteiger partial charge in [0.25, 0.3) is 5.69 Å². The number of hydrogen-bond donors (Lipinski definition) is 3. The Hall–Kier alpha value is -2.20. The first-order chi connectivity index (χ1) is 11.8. The van der Waals surface area contributed by atoms with Crippen LogP contribution in [-0.2, 0) is 16.6 Å². The Morgan fingerprint density at radius 3 is 2.36 bits per heavy atom. The molecular formula is C15H25N5O4S. The van der Waals surface area contributed by atoms with Crippen LogP contribution in [-0.4, -0.2) is 45.2 Å². The number of benzene rings is 1. The predicted molar refractivity (Wildman–Crippen MR) is 98.0 cm³/mol. The molecule has 0 aliphatic carbocycles. The zero-order valence-electron chi connectivity index (χ0n) is 14.5. The topological polar surface area (TPSA) is 126 Å². The second-order valence-electron chi connectivity index (χ2n) is 5.46. The monoisotopic (exact) mass is 371 g/mol. The Morgan fingerprint density at radius 1 is 1.16 bits per heavy atom. The van der Waals surface area contributed by atoms with Gasteiger partial charge < -0.3 is 10.6 Å². The van der Waals surface area contributed by atoms with Gasteiger partial charge >= 0.3 is 0 Å². The SMILES string of the molecule is CCCCNC(=NCc1ccc([N+](=O)[O-])cc1)NCCNS(C)(=O)=O. The van der Waals surface area contributed by atoms with Crippen molar-refractivity contribution in [1.82, 2.24) is 15.4 Å². The van der Waals surface area contributed by atoms with Gasteiger partial charge in [0.2, 0.25) is 10.0 Å². The third-order valence-corrected chi connectivity index (χ3v) is 3.90. The molecular weight excluding hydrogens is 346 g/mol. The van der Waals surface area contributed by atoms with Gasteiger partial charge in [0.05, 0.1) is 17.7 Å². The summed E-state index contributed by atoms with van der Waals surface area (Å²) >= 11 is 0. The zero-order chi connectivity index (χ0) is 18.7. The van der Waals surface area contributed by atoms with E-state index in [4.69, 9.17) is 0 Å².